The van der Waals surface area contributed by atoms with Crippen molar-refractivity contribution >= 4 is 39.8 Å². The fourth-order valence-corrected chi connectivity index (χ4v) is 14.2. The molecular formula is C65H113N13O18S. The number of aliphatic hydroxyl groups is 8. The van der Waals surface area contributed by atoms with E-state index in [1.54, 1.807) is 26.0 Å². The number of nitrogens with zero attached hydrogens (tertiary/aromatic N) is 8. The van der Waals surface area contributed by atoms with Gasteiger partial charge in [0.25, 0.3) is 16.0 Å². The van der Waals surface area contributed by atoms with Crippen LogP contribution in [-0.4, -0.2) is 311 Å². The Bertz CT molecular complexity index is 2740. The van der Waals surface area contributed by atoms with Crippen molar-refractivity contribution < 1.29 is 86.9 Å². The topological polar surface area (TPSA) is 448 Å². The van der Waals surface area contributed by atoms with Crippen molar-refractivity contribution in [3.8, 4) is 0 Å². The molecule has 12 heterocycles. The van der Waals surface area contributed by atoms with E-state index in [0.717, 1.165) is 102 Å². The second-order valence-electron chi connectivity index (χ2n) is 26.8. The first-order valence-corrected chi connectivity index (χ1v) is 35.9. The lowest BCUT2D eigenvalue weighted by molar-refractivity contribution is -0.158. The van der Waals surface area contributed by atoms with E-state index in [0.29, 0.717) is 63.4 Å². The number of esters is 2. The highest BCUT2D eigenvalue weighted by molar-refractivity contribution is 7.86. The van der Waals surface area contributed by atoms with Gasteiger partial charge in [-0.1, -0.05) is 22.8 Å². The highest BCUT2D eigenvalue weighted by Crippen LogP contribution is 2.31. The number of benzene rings is 1. The van der Waals surface area contributed by atoms with E-state index in [4.69, 9.17) is 35.5 Å². The Balaban J connectivity index is 0.000000201. The van der Waals surface area contributed by atoms with Crippen LogP contribution in [0.25, 0.3) is 10.4 Å². The van der Waals surface area contributed by atoms with Crippen LogP contribution in [0.1, 0.15) is 83.6 Å². The molecule has 0 spiro atoms. The first kappa shape index (κ1) is 82.4. The van der Waals surface area contributed by atoms with Gasteiger partial charge in [-0.2, -0.15) is 8.42 Å². The van der Waals surface area contributed by atoms with E-state index in [-0.39, 0.29) is 91.5 Å². The van der Waals surface area contributed by atoms with E-state index in [1.165, 1.54) is 57.6 Å². The fraction of sp³-hybridized carbons (Fsp3) is 0.800. The predicted octanol–water partition coefficient (Wildman–Crippen LogP) is -1.59. The Labute approximate surface area is 571 Å². The SMILES string of the molecule is CCOC(=O)C1=C(O)C(=O)NCC1.CCOC(=O)[C@H]1CCNC(=O)[C@H]1O.CN1CC[C@H](CO)[C@H](O)C1.Cc1ccc(S(=O)(=O)OC[C@H]2CCN(C)C[C@H]2O)cc1.NC1CN2CCC1C2.O=C1CCCN1.OC1CN2CCC1C2.OC[C@H]1CCNC[C@H]1O.[N-]=[N+]=NC1CN2CCC1C2. The Morgan fingerprint density at radius 2 is 1.25 bits per heavy atom. The number of hydrogen-bond donors (Lipinski definition) is 13. The van der Waals surface area contributed by atoms with Crippen molar-refractivity contribution in [3.63, 3.8) is 0 Å². The number of azide groups is 1. The largest absolute Gasteiger partial charge is 0.503 e. The third-order valence-corrected chi connectivity index (χ3v) is 20.7. The summed E-state index contributed by atoms with van der Waals surface area (Å²) in [6.45, 7) is 22.7. The van der Waals surface area contributed by atoms with E-state index >= 15 is 0 Å². The van der Waals surface area contributed by atoms with Crippen molar-refractivity contribution in [1.82, 2.24) is 45.8 Å². The lowest BCUT2D eigenvalue weighted by Crippen LogP contribution is -2.49. The zero-order valence-electron chi connectivity index (χ0n) is 57.5. The van der Waals surface area contributed by atoms with Gasteiger partial charge in [-0.05, 0) is 155 Å². The van der Waals surface area contributed by atoms with Crippen molar-refractivity contribution in [2.24, 2.45) is 52.3 Å². The number of likely N-dealkylation sites (tertiary alicyclic amines) is 2. The number of carbonyl (C=O) groups is 5. The smallest absolute Gasteiger partial charge is 0.338 e. The third-order valence-electron chi connectivity index (χ3n) is 19.4. The van der Waals surface area contributed by atoms with Gasteiger partial charge in [0.15, 0.2) is 5.76 Å². The van der Waals surface area contributed by atoms with Gasteiger partial charge in [0.2, 0.25) is 11.8 Å². The molecule has 11 fully saturated rings. The number of hydrogen-bond acceptors (Lipinski definition) is 26. The molecule has 1 aromatic rings. The second-order valence-corrected chi connectivity index (χ2v) is 28.4. The number of aliphatic hydroxyl groups excluding tert-OH is 8. The van der Waals surface area contributed by atoms with Gasteiger partial charge < -0.3 is 102 Å². The summed E-state index contributed by atoms with van der Waals surface area (Å²) in [7, 11) is 0.179. The Morgan fingerprint density at radius 1 is 0.660 bits per heavy atom. The standard InChI is InChI=1S/C14H21NO4S.C8H13NO4.C8H11NO4.C7H15NO2.C6H10N4.C6H12N2.C6H13NO2.C6H11NO.C4H7NO/c1-11-3-5-13(6-4-11)20(17,18)19-10-12-7-8-15(2)9-14(12)16;2*1-2-13-8(12)5-3-4-9-7(11)6(5)10;1-8-3-2-6(5-9)7(10)4-8;7-9-8-6-4-10-2-1-5(6)3-10;7-6-4-8-2-1-5(6)3-8;8-4-5-1-2-7-3-6(5)9;8-6-4-7-2-1-5(6)3-7;6-4-2-1-3-5-4/h3-6,12,14,16H,7-10H2,1-2H3;5-6,10H,2-4H2,1H3,(H,9,11);10H,2-4H2,1H3,(H,9,11);6-7,9-10H,2-5H2,1H3;5-6H,1-4H2;5-6H,1-4,7H2;5-9H,1-4H2;5-6,8H,1-4H2;1-3H2,(H,5,6)/t12-,14-;5-,6-;;6-,7-;;;5-,6-;;/m10.1..1../s1. The summed E-state index contributed by atoms with van der Waals surface area (Å²) < 4.78 is 38.6. The summed E-state index contributed by atoms with van der Waals surface area (Å²) in [5, 5.41) is 87.9. The predicted molar refractivity (Wildman–Crippen MR) is 359 cm³/mol. The fourth-order valence-electron chi connectivity index (χ4n) is 13.2. The quantitative estimate of drug-likeness (QED) is 0.0391. The van der Waals surface area contributed by atoms with Crippen LogP contribution in [0.2, 0.25) is 0 Å². The van der Waals surface area contributed by atoms with Crippen LogP contribution in [0.15, 0.2) is 45.6 Å². The molecule has 0 radical (unpaired) electrons. The van der Waals surface area contributed by atoms with Crippen LogP contribution in [0.5, 0.6) is 0 Å². The van der Waals surface area contributed by atoms with Crippen LogP contribution in [-0.2, 0) is 47.7 Å². The Morgan fingerprint density at radius 3 is 1.68 bits per heavy atom. The zero-order valence-corrected chi connectivity index (χ0v) is 58.3. The average Bonchev–Trinajstić information content (AvgIpc) is 1.78. The van der Waals surface area contributed by atoms with Gasteiger partial charge in [-0.3, -0.25) is 23.4 Å². The summed E-state index contributed by atoms with van der Waals surface area (Å²) in [5.41, 5.74) is 15.0. The van der Waals surface area contributed by atoms with Gasteiger partial charge in [-0.15, -0.1) is 0 Å². The van der Waals surface area contributed by atoms with Gasteiger partial charge in [-0.25, -0.2) is 4.79 Å². The van der Waals surface area contributed by atoms with Gasteiger partial charge in [0.05, 0.1) is 66.7 Å². The molecule has 0 saturated carbocycles. The van der Waals surface area contributed by atoms with Crippen molar-refractivity contribution in [2.45, 2.75) is 132 Å². The first-order valence-electron chi connectivity index (χ1n) is 34.5. The number of rotatable bonds is 11. The summed E-state index contributed by atoms with van der Waals surface area (Å²) in [6, 6.07) is 7.33. The minimum Gasteiger partial charge on any atom is -0.503 e. The highest BCUT2D eigenvalue weighted by atomic mass is 32.2. The molecular weight excluding hydrogens is 1280 g/mol. The molecule has 12 aliphatic heterocycles. The maximum Gasteiger partial charge on any atom is 0.338 e. The minimum atomic E-state index is -3.74. The van der Waals surface area contributed by atoms with Crippen molar-refractivity contribution in [2.75, 3.05) is 165 Å². The number of nitrogens with one attached hydrogen (secondary N) is 4. The summed E-state index contributed by atoms with van der Waals surface area (Å²) >= 11 is 0. The van der Waals surface area contributed by atoms with Crippen LogP contribution < -0.4 is 27.0 Å². The zero-order chi connectivity index (χ0) is 71.2. The number of aryl methyl sites for hydroxylation is 1. The number of likely N-dealkylation sites (N-methyl/N-ethyl adjacent to an activating group) is 2. The molecule has 17 atom stereocenters. The van der Waals surface area contributed by atoms with Crippen molar-refractivity contribution in [3.05, 3.63) is 51.6 Å². The lowest BCUT2D eigenvalue weighted by Gasteiger charge is -2.33. The number of amides is 3. The molecule has 552 valence electrons. The van der Waals surface area contributed by atoms with Gasteiger partial charge >= 0.3 is 11.9 Å². The van der Waals surface area contributed by atoms with Crippen LogP contribution in [0.4, 0.5) is 0 Å². The number of carbonyl (C=O) groups excluding carboxylic acids is 5. The maximum absolute atomic E-state index is 12.0. The lowest BCUT2D eigenvalue weighted by atomic mass is 9.95. The third kappa shape index (κ3) is 27.7. The Kier molecular flexibility index (Phi) is 36.4. The molecule has 32 heteroatoms. The molecule has 31 nitrogen and oxygen atoms in total. The van der Waals surface area contributed by atoms with Crippen LogP contribution in [0.3, 0.4) is 0 Å². The van der Waals surface area contributed by atoms with E-state index in [1.807, 2.05) is 25.9 Å². The number of fused-ring (bicyclic) bond motifs is 6. The average molecular weight is 1400 g/mol. The number of piperidine rings is 7. The van der Waals surface area contributed by atoms with Gasteiger partial charge in [0.1, 0.15) is 6.10 Å². The minimum absolute atomic E-state index is 0.00347. The molecule has 12 aliphatic rings. The molecule has 11 saturated heterocycles. The second kappa shape index (κ2) is 42.8. The molecule has 3 amide bonds. The molecule has 13 rings (SSSR count). The maximum atomic E-state index is 12.0. The summed E-state index contributed by atoms with van der Waals surface area (Å²) in [5.74, 6) is -1.04. The van der Waals surface area contributed by atoms with Crippen LogP contribution >= 0.6 is 0 Å². The van der Waals surface area contributed by atoms with E-state index in [2.05, 4.69) is 55.6 Å². The monoisotopic (exact) mass is 1400 g/mol. The number of β-amino-alcohol motifs (C(OH)–C–C–N with tert-alkyl or cyclic N) is 3. The number of nitrogens with two attached hydrogens (primary N) is 1. The van der Waals surface area contributed by atoms with E-state index in [9.17, 15) is 57.9 Å². The van der Waals surface area contributed by atoms with Crippen LogP contribution in [0, 0.1) is 48.3 Å². The molecule has 0 aliphatic carbocycles. The molecule has 97 heavy (non-hydrogen) atoms. The van der Waals surface area contributed by atoms with E-state index < -0.39 is 57.8 Å². The molecule has 1 aromatic carbocycles. The molecule has 14 N–H and O–H groups in total. The normalized spacial score (nSPS) is 32.8. The molecule has 9 unspecified atom stereocenters. The Hall–Kier alpha value is -5.23. The number of ether oxygens (including phenoxy) is 2. The summed E-state index contributed by atoms with van der Waals surface area (Å²) in [6.07, 6.45) is 6.38. The molecule has 6 bridgehead atoms. The molecule has 0 aromatic heterocycles. The van der Waals surface area contributed by atoms with Crippen molar-refractivity contribution in [1.29, 1.82) is 0 Å². The first-order chi connectivity index (χ1) is 46.3. The highest BCUT2D eigenvalue weighted by Gasteiger charge is 2.39. The van der Waals surface area contributed by atoms with Gasteiger partial charge in [0, 0.05) is 139 Å². The summed E-state index contributed by atoms with van der Waals surface area (Å²) in [4.78, 5) is 68.5.